The van der Waals surface area contributed by atoms with Crippen molar-refractivity contribution < 1.29 is 9.13 Å². The van der Waals surface area contributed by atoms with E-state index in [-0.39, 0.29) is 5.56 Å². The molecule has 0 aliphatic heterocycles. The SMILES string of the molecule is C#Cc1c(OC)ccnc1F. The van der Waals surface area contributed by atoms with Crippen LogP contribution in [0.15, 0.2) is 12.3 Å². The van der Waals surface area contributed by atoms with E-state index >= 15 is 0 Å². The summed E-state index contributed by atoms with van der Waals surface area (Å²) >= 11 is 0. The second kappa shape index (κ2) is 3.02. The first kappa shape index (κ1) is 7.55. The molecule has 0 N–H and O–H groups in total. The average molecular weight is 151 g/mol. The van der Waals surface area contributed by atoms with Crippen LogP contribution in [0.4, 0.5) is 4.39 Å². The van der Waals surface area contributed by atoms with Crippen LogP contribution in [-0.4, -0.2) is 12.1 Å². The highest BCUT2D eigenvalue weighted by Crippen LogP contribution is 2.17. The summed E-state index contributed by atoms with van der Waals surface area (Å²) in [7, 11) is 1.43. The van der Waals surface area contributed by atoms with Gasteiger partial charge in [0.1, 0.15) is 11.3 Å². The molecule has 1 aromatic rings. The number of methoxy groups -OCH3 is 1. The quantitative estimate of drug-likeness (QED) is 0.444. The third kappa shape index (κ3) is 1.30. The lowest BCUT2D eigenvalue weighted by atomic mass is 10.2. The molecule has 1 heterocycles. The van der Waals surface area contributed by atoms with Crippen molar-refractivity contribution in [1.29, 1.82) is 0 Å². The number of nitrogens with zero attached hydrogens (tertiary/aromatic N) is 1. The Bertz CT molecular complexity index is 303. The van der Waals surface area contributed by atoms with Crippen molar-refractivity contribution in [2.24, 2.45) is 0 Å². The highest BCUT2D eigenvalue weighted by Gasteiger charge is 2.05. The fourth-order valence-corrected chi connectivity index (χ4v) is 0.721. The van der Waals surface area contributed by atoms with Crippen LogP contribution < -0.4 is 4.74 Å². The number of halogens is 1. The molecule has 0 saturated carbocycles. The molecule has 1 rings (SSSR count). The van der Waals surface area contributed by atoms with Gasteiger partial charge in [0.2, 0.25) is 5.95 Å². The minimum Gasteiger partial charge on any atom is -0.495 e. The van der Waals surface area contributed by atoms with Gasteiger partial charge in [0.25, 0.3) is 0 Å². The second-order valence-electron chi connectivity index (χ2n) is 1.82. The minimum absolute atomic E-state index is 0.0648. The molecule has 0 spiro atoms. The minimum atomic E-state index is -0.674. The van der Waals surface area contributed by atoms with E-state index < -0.39 is 5.95 Å². The number of pyridine rings is 1. The van der Waals surface area contributed by atoms with Crippen molar-refractivity contribution in [3.63, 3.8) is 0 Å². The van der Waals surface area contributed by atoms with Gasteiger partial charge in [0.05, 0.1) is 7.11 Å². The van der Waals surface area contributed by atoms with E-state index in [0.717, 1.165) is 0 Å². The number of hydrogen-bond acceptors (Lipinski definition) is 2. The Hall–Kier alpha value is -1.56. The first-order valence-corrected chi connectivity index (χ1v) is 2.94. The standard InChI is InChI=1S/C8H6FNO/c1-3-6-7(11-2)4-5-10-8(6)9/h1,4-5H,2H3. The van der Waals surface area contributed by atoms with Crippen LogP contribution in [-0.2, 0) is 0 Å². The monoisotopic (exact) mass is 151 g/mol. The Balaban J connectivity index is 3.27. The molecule has 0 fully saturated rings. The third-order valence-corrected chi connectivity index (χ3v) is 1.23. The predicted molar refractivity (Wildman–Crippen MR) is 38.7 cm³/mol. The molecular formula is C8H6FNO. The van der Waals surface area contributed by atoms with Crippen LogP contribution in [0.5, 0.6) is 5.75 Å². The molecule has 2 nitrogen and oxygen atoms in total. The molecule has 0 aromatic carbocycles. The molecule has 1 aromatic heterocycles. The Kier molecular flexibility index (Phi) is 2.07. The summed E-state index contributed by atoms with van der Waals surface area (Å²) in [6, 6.07) is 1.51. The molecule has 0 bridgehead atoms. The van der Waals surface area contributed by atoms with Crippen molar-refractivity contribution in [2.45, 2.75) is 0 Å². The third-order valence-electron chi connectivity index (χ3n) is 1.23. The van der Waals surface area contributed by atoms with Crippen molar-refractivity contribution in [1.82, 2.24) is 4.98 Å². The first-order chi connectivity index (χ1) is 5.29. The van der Waals surface area contributed by atoms with E-state index in [1.165, 1.54) is 19.4 Å². The molecule has 0 aliphatic rings. The molecule has 0 radical (unpaired) electrons. The largest absolute Gasteiger partial charge is 0.495 e. The van der Waals surface area contributed by atoms with Gasteiger partial charge in [0.15, 0.2) is 0 Å². The maximum Gasteiger partial charge on any atom is 0.232 e. The molecule has 0 amide bonds. The zero-order valence-corrected chi connectivity index (χ0v) is 5.97. The lowest BCUT2D eigenvalue weighted by Crippen LogP contribution is -1.93. The normalized spacial score (nSPS) is 8.82. The van der Waals surface area contributed by atoms with Gasteiger partial charge in [0, 0.05) is 6.20 Å². The fourth-order valence-electron chi connectivity index (χ4n) is 0.721. The van der Waals surface area contributed by atoms with Crippen LogP contribution in [0.1, 0.15) is 5.56 Å². The van der Waals surface area contributed by atoms with E-state index in [1.54, 1.807) is 0 Å². The van der Waals surface area contributed by atoms with Crippen LogP contribution in [0.3, 0.4) is 0 Å². The molecule has 0 aliphatic carbocycles. The summed E-state index contributed by atoms with van der Waals surface area (Å²) in [5.74, 6) is 1.81. The molecule has 0 atom stereocenters. The summed E-state index contributed by atoms with van der Waals surface area (Å²) in [6.45, 7) is 0. The summed E-state index contributed by atoms with van der Waals surface area (Å²) in [6.07, 6.45) is 6.32. The predicted octanol–water partition coefficient (Wildman–Crippen LogP) is 1.21. The maximum absolute atomic E-state index is 12.7. The number of rotatable bonds is 1. The fraction of sp³-hybridized carbons (Fsp3) is 0.125. The van der Waals surface area contributed by atoms with Gasteiger partial charge < -0.3 is 4.74 Å². The van der Waals surface area contributed by atoms with Gasteiger partial charge in [-0.1, -0.05) is 5.92 Å². The van der Waals surface area contributed by atoms with Crippen molar-refractivity contribution >= 4 is 0 Å². The summed E-state index contributed by atoms with van der Waals surface area (Å²) in [4.78, 5) is 3.37. The first-order valence-electron chi connectivity index (χ1n) is 2.94. The molecule has 0 saturated heterocycles. The zero-order chi connectivity index (χ0) is 8.27. The number of ether oxygens (including phenoxy) is 1. The smallest absolute Gasteiger partial charge is 0.232 e. The summed E-state index contributed by atoms with van der Waals surface area (Å²) < 4.78 is 17.5. The topological polar surface area (TPSA) is 22.1 Å². The highest BCUT2D eigenvalue weighted by atomic mass is 19.1. The van der Waals surface area contributed by atoms with E-state index in [2.05, 4.69) is 10.9 Å². The second-order valence-corrected chi connectivity index (χ2v) is 1.82. The van der Waals surface area contributed by atoms with Gasteiger partial charge in [-0.25, -0.2) is 4.98 Å². The lowest BCUT2D eigenvalue weighted by Gasteiger charge is -2.01. The number of terminal acetylenes is 1. The Morgan fingerprint density at radius 2 is 2.45 bits per heavy atom. The van der Waals surface area contributed by atoms with Crippen LogP contribution >= 0.6 is 0 Å². The molecule has 0 unspecified atom stereocenters. The lowest BCUT2D eigenvalue weighted by molar-refractivity contribution is 0.407. The van der Waals surface area contributed by atoms with Crippen molar-refractivity contribution in [2.75, 3.05) is 7.11 Å². The van der Waals surface area contributed by atoms with Crippen molar-refractivity contribution in [3.05, 3.63) is 23.8 Å². The van der Waals surface area contributed by atoms with Crippen LogP contribution in [0.25, 0.3) is 0 Å². The summed E-state index contributed by atoms with van der Waals surface area (Å²) in [5.41, 5.74) is 0.0648. The van der Waals surface area contributed by atoms with Gasteiger partial charge in [-0.3, -0.25) is 0 Å². The van der Waals surface area contributed by atoms with E-state index in [0.29, 0.717) is 5.75 Å². The summed E-state index contributed by atoms with van der Waals surface area (Å²) in [5, 5.41) is 0. The van der Waals surface area contributed by atoms with Crippen LogP contribution in [0.2, 0.25) is 0 Å². The van der Waals surface area contributed by atoms with Crippen molar-refractivity contribution in [3.8, 4) is 18.1 Å². The van der Waals surface area contributed by atoms with Gasteiger partial charge in [-0.15, -0.1) is 6.42 Å². The Morgan fingerprint density at radius 1 is 1.73 bits per heavy atom. The Morgan fingerprint density at radius 3 is 2.91 bits per heavy atom. The van der Waals surface area contributed by atoms with E-state index in [1.807, 2.05) is 0 Å². The molecule has 11 heavy (non-hydrogen) atoms. The van der Waals surface area contributed by atoms with Crippen LogP contribution in [0, 0.1) is 18.3 Å². The number of aromatic nitrogens is 1. The van der Waals surface area contributed by atoms with E-state index in [4.69, 9.17) is 11.2 Å². The van der Waals surface area contributed by atoms with Gasteiger partial charge >= 0.3 is 0 Å². The molecular weight excluding hydrogens is 145 g/mol. The average Bonchev–Trinajstić information content (AvgIpc) is 2.04. The Labute approximate surface area is 64.0 Å². The molecule has 3 heteroatoms. The van der Waals surface area contributed by atoms with Gasteiger partial charge in [-0.05, 0) is 6.07 Å². The zero-order valence-electron chi connectivity index (χ0n) is 5.97. The van der Waals surface area contributed by atoms with E-state index in [9.17, 15) is 4.39 Å². The maximum atomic E-state index is 12.7. The molecule has 56 valence electrons. The number of hydrogen-bond donors (Lipinski definition) is 0. The van der Waals surface area contributed by atoms with Gasteiger partial charge in [-0.2, -0.15) is 4.39 Å². The highest BCUT2D eigenvalue weighted by molar-refractivity contribution is 5.43.